The van der Waals surface area contributed by atoms with Crippen molar-refractivity contribution in [2.45, 2.75) is 26.4 Å². The lowest BCUT2D eigenvalue weighted by Crippen LogP contribution is -2.28. The summed E-state index contributed by atoms with van der Waals surface area (Å²) >= 11 is 0. The van der Waals surface area contributed by atoms with E-state index in [-0.39, 0.29) is 5.91 Å². The van der Waals surface area contributed by atoms with Crippen molar-refractivity contribution in [1.29, 1.82) is 5.26 Å². The number of fused-ring (bicyclic) bond motifs is 1. The largest absolute Gasteiger partial charge is 0.378 e. The minimum atomic E-state index is -1.07. The van der Waals surface area contributed by atoms with E-state index in [4.69, 9.17) is 5.26 Å². The van der Waals surface area contributed by atoms with Gasteiger partial charge in [-0.1, -0.05) is 19.9 Å². The van der Waals surface area contributed by atoms with Gasteiger partial charge in [-0.05, 0) is 18.1 Å². The molecular weight excluding hydrogens is 254 g/mol. The first kappa shape index (κ1) is 14.4. The molecule has 0 fully saturated rings. The van der Waals surface area contributed by atoms with Crippen LogP contribution in [-0.2, 0) is 4.79 Å². The van der Waals surface area contributed by atoms with Crippen molar-refractivity contribution in [3.8, 4) is 6.07 Å². The average molecular weight is 273 g/mol. The van der Waals surface area contributed by atoms with Gasteiger partial charge in [-0.3, -0.25) is 4.79 Å². The van der Waals surface area contributed by atoms with Crippen LogP contribution < -0.4 is 10.2 Å². The van der Waals surface area contributed by atoms with E-state index in [1.54, 1.807) is 6.07 Å². The molecule has 1 aliphatic rings. The second kappa shape index (κ2) is 5.93. The Kier molecular flexibility index (Phi) is 4.26. The van der Waals surface area contributed by atoms with Crippen molar-refractivity contribution in [3.63, 3.8) is 0 Å². The summed E-state index contributed by atoms with van der Waals surface area (Å²) in [6.45, 7) is 5.75. The number of aliphatic hydroxyl groups excluding tert-OH is 1. The molecule has 0 aliphatic carbocycles. The molecule has 1 aromatic rings. The fraction of sp³-hybridized carbons (Fsp3) is 0.467. The number of amides is 1. The number of hydrogen-bond donors (Lipinski definition) is 2. The van der Waals surface area contributed by atoms with Crippen molar-refractivity contribution in [1.82, 2.24) is 0 Å². The number of nitrogens with one attached hydrogen (secondary N) is 1. The molecule has 1 heterocycles. The molecule has 106 valence electrons. The van der Waals surface area contributed by atoms with Crippen molar-refractivity contribution in [2.75, 3.05) is 23.3 Å². The van der Waals surface area contributed by atoms with Gasteiger partial charge in [0.25, 0.3) is 5.91 Å². The van der Waals surface area contributed by atoms with Crippen LogP contribution in [0.2, 0.25) is 0 Å². The van der Waals surface area contributed by atoms with E-state index in [1.807, 2.05) is 12.1 Å². The van der Waals surface area contributed by atoms with Gasteiger partial charge in [0.2, 0.25) is 0 Å². The summed E-state index contributed by atoms with van der Waals surface area (Å²) in [5.74, 6) is 0.0895. The number of hydrogen-bond acceptors (Lipinski definition) is 4. The van der Waals surface area contributed by atoms with Crippen LogP contribution in [0.4, 0.5) is 11.4 Å². The Labute approximate surface area is 118 Å². The number of rotatable bonds is 5. The zero-order valence-corrected chi connectivity index (χ0v) is 11.8. The zero-order chi connectivity index (χ0) is 14.7. The number of aliphatic hydroxyl groups is 1. The molecular formula is C15H19N3O2. The molecule has 1 aromatic carbocycles. The van der Waals surface area contributed by atoms with Gasteiger partial charge in [0.15, 0.2) is 6.10 Å². The first-order valence-electron chi connectivity index (χ1n) is 6.77. The average Bonchev–Trinajstić information content (AvgIpc) is 2.69. The Balaban J connectivity index is 2.24. The number of carbonyl (C=O) groups excluding carboxylic acids is 1. The molecule has 2 N–H and O–H groups in total. The number of anilines is 2. The normalized spacial score (nSPS) is 16.8. The Morgan fingerprint density at radius 3 is 2.90 bits per heavy atom. The maximum Gasteiger partial charge on any atom is 0.257 e. The summed E-state index contributed by atoms with van der Waals surface area (Å²) in [5.41, 5.74) is 2.23. The molecule has 0 radical (unpaired) electrons. The maximum atomic E-state index is 11.4. The number of carbonyl (C=O) groups is 1. The van der Waals surface area contributed by atoms with E-state index in [0.29, 0.717) is 30.1 Å². The third-order valence-electron chi connectivity index (χ3n) is 3.28. The molecule has 1 amide bonds. The molecule has 0 aromatic heterocycles. The fourth-order valence-electron chi connectivity index (χ4n) is 2.38. The molecule has 1 aliphatic heterocycles. The van der Waals surface area contributed by atoms with Crippen molar-refractivity contribution in [2.24, 2.45) is 5.92 Å². The van der Waals surface area contributed by atoms with Gasteiger partial charge in [-0.15, -0.1) is 0 Å². The van der Waals surface area contributed by atoms with E-state index in [9.17, 15) is 9.90 Å². The fourth-order valence-corrected chi connectivity index (χ4v) is 2.38. The molecule has 0 saturated heterocycles. The van der Waals surface area contributed by atoms with Crippen LogP contribution >= 0.6 is 0 Å². The third-order valence-corrected chi connectivity index (χ3v) is 3.28. The Morgan fingerprint density at radius 2 is 2.25 bits per heavy atom. The van der Waals surface area contributed by atoms with Crippen molar-refractivity contribution < 1.29 is 9.90 Å². The number of nitriles is 1. The van der Waals surface area contributed by atoms with Gasteiger partial charge in [-0.2, -0.15) is 5.26 Å². The molecule has 5 nitrogen and oxygen atoms in total. The summed E-state index contributed by atoms with van der Waals surface area (Å²) in [6, 6.07) is 7.68. The van der Waals surface area contributed by atoms with Crippen LogP contribution in [0.5, 0.6) is 0 Å². The minimum absolute atomic E-state index is 0.385. The van der Waals surface area contributed by atoms with Crippen molar-refractivity contribution in [3.05, 3.63) is 23.8 Å². The Hall–Kier alpha value is -2.06. The van der Waals surface area contributed by atoms with Crippen LogP contribution in [-0.4, -0.2) is 24.1 Å². The quantitative estimate of drug-likeness (QED) is 0.860. The monoisotopic (exact) mass is 273 g/mol. The number of benzene rings is 1. The highest BCUT2D eigenvalue weighted by Gasteiger charge is 2.28. The lowest BCUT2D eigenvalue weighted by molar-refractivity contribution is -0.123. The van der Waals surface area contributed by atoms with Gasteiger partial charge >= 0.3 is 0 Å². The van der Waals surface area contributed by atoms with E-state index < -0.39 is 6.10 Å². The molecule has 5 heteroatoms. The SMILES string of the molecule is CC(C)CN(CCC#N)c1ccc2c(c1)NC(=O)C2O. The van der Waals surface area contributed by atoms with Crippen LogP contribution in [0.1, 0.15) is 31.9 Å². The number of nitrogens with zero attached hydrogens (tertiary/aromatic N) is 2. The lowest BCUT2D eigenvalue weighted by atomic mass is 10.1. The molecule has 1 unspecified atom stereocenters. The summed E-state index contributed by atoms with van der Waals surface area (Å²) in [5, 5.41) is 21.1. The summed E-state index contributed by atoms with van der Waals surface area (Å²) in [7, 11) is 0. The lowest BCUT2D eigenvalue weighted by Gasteiger charge is -2.26. The van der Waals surface area contributed by atoms with Gasteiger partial charge in [0.05, 0.1) is 12.5 Å². The first-order chi connectivity index (χ1) is 9.52. The Morgan fingerprint density at radius 1 is 1.50 bits per heavy atom. The molecule has 0 spiro atoms. The van der Waals surface area contributed by atoms with E-state index in [0.717, 1.165) is 12.2 Å². The molecule has 20 heavy (non-hydrogen) atoms. The molecule has 2 rings (SSSR count). The molecule has 0 saturated carbocycles. The topological polar surface area (TPSA) is 76.4 Å². The standard InChI is InChI=1S/C15H19N3O2/c1-10(2)9-18(7-3-6-16)11-4-5-12-13(8-11)17-15(20)14(12)19/h4-5,8,10,14,19H,3,7,9H2,1-2H3,(H,17,20). The van der Waals surface area contributed by atoms with Crippen LogP contribution in [0, 0.1) is 17.2 Å². The summed E-state index contributed by atoms with van der Waals surface area (Å²) < 4.78 is 0. The highest BCUT2D eigenvalue weighted by molar-refractivity contribution is 6.02. The second-order valence-corrected chi connectivity index (χ2v) is 5.41. The zero-order valence-electron chi connectivity index (χ0n) is 11.8. The summed E-state index contributed by atoms with van der Waals surface area (Å²) in [6.07, 6.45) is -0.615. The van der Waals surface area contributed by atoms with Gasteiger partial charge < -0.3 is 15.3 Å². The molecule has 1 atom stereocenters. The van der Waals surface area contributed by atoms with Gasteiger partial charge in [0.1, 0.15) is 0 Å². The summed E-state index contributed by atoms with van der Waals surface area (Å²) in [4.78, 5) is 13.6. The predicted octanol–water partition coefficient (Wildman–Crippen LogP) is 2.05. The first-order valence-corrected chi connectivity index (χ1v) is 6.77. The van der Waals surface area contributed by atoms with Gasteiger partial charge in [-0.25, -0.2) is 0 Å². The van der Waals surface area contributed by atoms with Crippen LogP contribution in [0.3, 0.4) is 0 Å². The van der Waals surface area contributed by atoms with Gasteiger partial charge in [0, 0.05) is 30.0 Å². The Bertz CT molecular complexity index is 549. The molecule has 0 bridgehead atoms. The highest BCUT2D eigenvalue weighted by atomic mass is 16.3. The van der Waals surface area contributed by atoms with Crippen molar-refractivity contribution >= 4 is 17.3 Å². The third kappa shape index (κ3) is 2.91. The second-order valence-electron chi connectivity index (χ2n) is 5.41. The van der Waals surface area contributed by atoms with Crippen LogP contribution in [0.15, 0.2) is 18.2 Å². The maximum absolute atomic E-state index is 11.4. The highest BCUT2D eigenvalue weighted by Crippen LogP contribution is 2.34. The van der Waals surface area contributed by atoms with E-state index >= 15 is 0 Å². The minimum Gasteiger partial charge on any atom is -0.378 e. The predicted molar refractivity (Wildman–Crippen MR) is 77.3 cm³/mol. The van der Waals surface area contributed by atoms with Crippen LogP contribution in [0.25, 0.3) is 0 Å². The smallest absolute Gasteiger partial charge is 0.257 e. The van der Waals surface area contributed by atoms with E-state index in [1.165, 1.54) is 0 Å². The van der Waals surface area contributed by atoms with E-state index in [2.05, 4.69) is 30.1 Å².